The number of aromatic nitrogens is 2. The van der Waals surface area contributed by atoms with Crippen molar-refractivity contribution in [2.45, 2.75) is 50.8 Å². The van der Waals surface area contributed by atoms with E-state index in [1.54, 1.807) is 7.11 Å². The van der Waals surface area contributed by atoms with Crippen molar-refractivity contribution in [1.29, 1.82) is 5.26 Å². The number of piperidine rings is 1. The van der Waals surface area contributed by atoms with E-state index >= 15 is 0 Å². The summed E-state index contributed by atoms with van der Waals surface area (Å²) in [5.41, 5.74) is 1.64. The minimum absolute atomic E-state index is 0.0527. The van der Waals surface area contributed by atoms with Gasteiger partial charge in [0.2, 0.25) is 11.8 Å². The van der Waals surface area contributed by atoms with Gasteiger partial charge in [0.05, 0.1) is 18.7 Å². The lowest BCUT2D eigenvalue weighted by molar-refractivity contribution is 0.0795. The third kappa shape index (κ3) is 3.82. The predicted octanol–water partition coefficient (Wildman–Crippen LogP) is 3.53. The van der Waals surface area contributed by atoms with E-state index in [4.69, 9.17) is 13.9 Å². The van der Waals surface area contributed by atoms with Gasteiger partial charge in [0.25, 0.3) is 0 Å². The highest BCUT2D eigenvalue weighted by Crippen LogP contribution is 2.34. The second-order valence-electron chi connectivity index (χ2n) is 7.11. The Balaban J connectivity index is 1.52. The largest absolute Gasteiger partial charge is 0.495 e. The fraction of sp³-hybridized carbons (Fsp3) is 0.550. The highest BCUT2D eigenvalue weighted by molar-refractivity contribution is 5.45. The molecule has 27 heavy (non-hydrogen) atoms. The Bertz CT molecular complexity index is 823. The summed E-state index contributed by atoms with van der Waals surface area (Å²) in [7, 11) is 1.58. The van der Waals surface area contributed by atoms with Crippen molar-refractivity contribution in [2.75, 3.05) is 20.3 Å². The number of nitriles is 1. The van der Waals surface area contributed by atoms with E-state index in [2.05, 4.69) is 21.2 Å². The van der Waals surface area contributed by atoms with Crippen LogP contribution in [-0.2, 0) is 11.3 Å². The van der Waals surface area contributed by atoms with Gasteiger partial charge in [-0.1, -0.05) is 12.5 Å². The summed E-state index contributed by atoms with van der Waals surface area (Å²) in [6.07, 6.45) is 5.21. The Hall–Kier alpha value is -2.43. The van der Waals surface area contributed by atoms with Gasteiger partial charge in [0.15, 0.2) is 0 Å². The first-order valence-electron chi connectivity index (χ1n) is 9.54. The molecule has 2 aromatic rings. The van der Waals surface area contributed by atoms with Crippen LogP contribution in [0.15, 0.2) is 22.6 Å². The summed E-state index contributed by atoms with van der Waals surface area (Å²) >= 11 is 0. The fourth-order valence-corrected chi connectivity index (χ4v) is 3.92. The van der Waals surface area contributed by atoms with Gasteiger partial charge in [-0.25, -0.2) is 0 Å². The van der Waals surface area contributed by atoms with E-state index in [0.717, 1.165) is 57.4 Å². The first kappa shape index (κ1) is 18.0. The number of nitrogens with zero attached hydrogens (tertiary/aromatic N) is 4. The fourth-order valence-electron chi connectivity index (χ4n) is 3.92. The zero-order valence-corrected chi connectivity index (χ0v) is 15.6. The highest BCUT2D eigenvalue weighted by atomic mass is 16.5. The maximum Gasteiger partial charge on any atom is 0.245 e. The molecule has 7 heteroatoms. The van der Waals surface area contributed by atoms with Crippen molar-refractivity contribution >= 4 is 0 Å². The second kappa shape index (κ2) is 8.07. The smallest absolute Gasteiger partial charge is 0.245 e. The number of benzene rings is 1. The van der Waals surface area contributed by atoms with Crippen molar-refractivity contribution in [2.24, 2.45) is 0 Å². The van der Waals surface area contributed by atoms with Crippen LogP contribution < -0.4 is 4.74 Å². The molecule has 7 nitrogen and oxygen atoms in total. The molecule has 142 valence electrons. The van der Waals surface area contributed by atoms with E-state index in [1.807, 2.05) is 18.2 Å². The molecular formula is C20H24N4O3. The molecule has 0 radical (unpaired) electrons. The minimum atomic E-state index is -0.0527. The molecule has 4 rings (SSSR count). The van der Waals surface area contributed by atoms with Crippen LogP contribution in [0.2, 0.25) is 0 Å². The summed E-state index contributed by atoms with van der Waals surface area (Å²) < 4.78 is 16.9. The quantitative estimate of drug-likeness (QED) is 0.798. The lowest BCUT2D eigenvalue weighted by Crippen LogP contribution is -2.33. The Kier molecular flexibility index (Phi) is 5.37. The van der Waals surface area contributed by atoms with Gasteiger partial charge in [0.1, 0.15) is 17.9 Å². The van der Waals surface area contributed by atoms with Gasteiger partial charge in [-0.2, -0.15) is 5.26 Å². The molecule has 0 aliphatic carbocycles. The first-order valence-corrected chi connectivity index (χ1v) is 9.54. The lowest BCUT2D eigenvalue weighted by Gasteiger charge is -2.33. The van der Waals surface area contributed by atoms with Gasteiger partial charge in [0, 0.05) is 13.2 Å². The average molecular weight is 368 g/mol. The molecule has 0 spiro atoms. The SMILES string of the molecule is COc1ccc(CN2CCCCC2c2nnc([C@H]3CCCO3)o2)cc1C#N. The number of hydrogen-bond donors (Lipinski definition) is 0. The normalized spacial score (nSPS) is 23.3. The van der Waals surface area contributed by atoms with Crippen LogP contribution in [0.1, 0.15) is 67.2 Å². The number of hydrogen-bond acceptors (Lipinski definition) is 7. The van der Waals surface area contributed by atoms with Crippen LogP contribution >= 0.6 is 0 Å². The molecular weight excluding hydrogens is 344 g/mol. The molecule has 0 saturated carbocycles. The van der Waals surface area contributed by atoms with E-state index in [9.17, 15) is 5.26 Å². The molecule has 3 heterocycles. The summed E-state index contributed by atoms with van der Waals surface area (Å²) in [6.45, 7) is 2.47. The molecule has 2 fully saturated rings. The Morgan fingerprint density at radius 2 is 2.11 bits per heavy atom. The van der Waals surface area contributed by atoms with Crippen LogP contribution in [0.3, 0.4) is 0 Å². The molecule has 1 aromatic heterocycles. The summed E-state index contributed by atoms with van der Waals surface area (Å²) in [4.78, 5) is 2.36. The third-order valence-electron chi connectivity index (χ3n) is 5.33. The number of likely N-dealkylation sites (tertiary alicyclic amines) is 1. The zero-order valence-electron chi connectivity index (χ0n) is 15.6. The van der Waals surface area contributed by atoms with Crippen molar-refractivity contribution in [3.63, 3.8) is 0 Å². The molecule has 2 aliphatic heterocycles. The van der Waals surface area contributed by atoms with Crippen LogP contribution in [0.4, 0.5) is 0 Å². The summed E-state index contributed by atoms with van der Waals surface area (Å²) in [6, 6.07) is 8.07. The molecule has 0 amide bonds. The van der Waals surface area contributed by atoms with E-state index in [1.165, 1.54) is 0 Å². The molecule has 1 aromatic carbocycles. The van der Waals surface area contributed by atoms with E-state index in [0.29, 0.717) is 23.1 Å². The first-order chi connectivity index (χ1) is 13.3. The Morgan fingerprint density at radius 3 is 2.89 bits per heavy atom. The van der Waals surface area contributed by atoms with Gasteiger partial charge in [-0.05, 0) is 49.9 Å². The van der Waals surface area contributed by atoms with Crippen LogP contribution in [0.5, 0.6) is 5.75 Å². The molecule has 1 unspecified atom stereocenters. The van der Waals surface area contributed by atoms with Crippen molar-refractivity contribution in [1.82, 2.24) is 15.1 Å². The number of rotatable bonds is 5. The highest BCUT2D eigenvalue weighted by Gasteiger charge is 2.31. The maximum atomic E-state index is 9.33. The third-order valence-corrected chi connectivity index (χ3v) is 5.33. The minimum Gasteiger partial charge on any atom is -0.495 e. The summed E-state index contributed by atoms with van der Waals surface area (Å²) in [5, 5.41) is 17.9. The zero-order chi connectivity index (χ0) is 18.6. The van der Waals surface area contributed by atoms with Gasteiger partial charge < -0.3 is 13.9 Å². The van der Waals surface area contributed by atoms with Crippen LogP contribution in [0.25, 0.3) is 0 Å². The van der Waals surface area contributed by atoms with Crippen LogP contribution in [0, 0.1) is 11.3 Å². The molecule has 2 saturated heterocycles. The predicted molar refractivity (Wildman–Crippen MR) is 96.9 cm³/mol. The molecule has 2 atom stereocenters. The van der Waals surface area contributed by atoms with Gasteiger partial charge in [-0.15, -0.1) is 10.2 Å². The maximum absolute atomic E-state index is 9.33. The van der Waals surface area contributed by atoms with Gasteiger partial charge in [-0.3, -0.25) is 4.90 Å². The average Bonchev–Trinajstić information content (AvgIpc) is 3.40. The van der Waals surface area contributed by atoms with Crippen molar-refractivity contribution in [3.8, 4) is 11.8 Å². The number of ether oxygens (including phenoxy) is 2. The van der Waals surface area contributed by atoms with Crippen molar-refractivity contribution < 1.29 is 13.9 Å². The molecule has 0 N–H and O–H groups in total. The second-order valence-corrected chi connectivity index (χ2v) is 7.11. The van der Waals surface area contributed by atoms with Crippen molar-refractivity contribution in [3.05, 3.63) is 41.1 Å². The lowest BCUT2D eigenvalue weighted by atomic mass is 10.0. The van der Waals surface area contributed by atoms with Crippen LogP contribution in [-0.4, -0.2) is 35.4 Å². The van der Waals surface area contributed by atoms with E-state index < -0.39 is 0 Å². The Labute approximate surface area is 158 Å². The number of methoxy groups -OCH3 is 1. The summed E-state index contributed by atoms with van der Waals surface area (Å²) in [5.74, 6) is 1.88. The topological polar surface area (TPSA) is 84.4 Å². The monoisotopic (exact) mass is 368 g/mol. The van der Waals surface area contributed by atoms with Gasteiger partial charge >= 0.3 is 0 Å². The van der Waals surface area contributed by atoms with E-state index in [-0.39, 0.29) is 12.1 Å². The standard InChI is InChI=1S/C20H24N4O3/c1-25-17-8-7-14(11-15(17)12-21)13-24-9-3-2-5-16(24)19-22-23-20(27-19)18-6-4-10-26-18/h7-8,11,16,18H,2-6,9-10,13H2,1H3/t16?,18-/m1/s1. The molecule has 0 bridgehead atoms. The Morgan fingerprint density at radius 1 is 1.22 bits per heavy atom. The molecule has 2 aliphatic rings.